The van der Waals surface area contributed by atoms with E-state index in [1.807, 2.05) is 71.6 Å². The quantitative estimate of drug-likeness (QED) is 0.469. The zero-order valence-electron chi connectivity index (χ0n) is 15.0. The van der Waals surface area contributed by atoms with Gasteiger partial charge in [-0.05, 0) is 47.0 Å². The number of hydrogen-bond acceptors (Lipinski definition) is 2. The fourth-order valence-corrected chi connectivity index (χ4v) is 3.26. The molecule has 0 aliphatic heterocycles. The molecule has 0 spiro atoms. The van der Waals surface area contributed by atoms with Gasteiger partial charge in [-0.25, -0.2) is 0 Å². The Morgan fingerprint density at radius 3 is 2.37 bits per heavy atom. The molecule has 134 valence electrons. The maximum absolute atomic E-state index is 13.2. The van der Waals surface area contributed by atoms with E-state index in [2.05, 4.69) is 18.2 Å². The zero-order valence-corrected chi connectivity index (χ0v) is 15.0. The molecule has 3 heteroatoms. The summed E-state index contributed by atoms with van der Waals surface area (Å²) < 4.78 is 5.48. The lowest BCUT2D eigenvalue weighted by molar-refractivity contribution is 0.0733. The summed E-state index contributed by atoms with van der Waals surface area (Å²) in [7, 11) is 0. The van der Waals surface area contributed by atoms with Crippen molar-refractivity contribution in [1.29, 1.82) is 0 Å². The number of furan rings is 1. The van der Waals surface area contributed by atoms with Gasteiger partial charge in [0.25, 0.3) is 5.91 Å². The van der Waals surface area contributed by atoms with Gasteiger partial charge < -0.3 is 9.32 Å². The molecule has 1 heterocycles. The van der Waals surface area contributed by atoms with Gasteiger partial charge in [-0.2, -0.15) is 0 Å². The van der Waals surface area contributed by atoms with Crippen molar-refractivity contribution in [2.45, 2.75) is 13.0 Å². The number of carbonyl (C=O) groups excluding carboxylic acids is 1. The van der Waals surface area contributed by atoms with Crippen LogP contribution in [0.15, 0.2) is 95.6 Å². The van der Waals surface area contributed by atoms with Crippen LogP contribution in [-0.2, 0) is 13.0 Å². The fraction of sp³-hybridized carbons (Fsp3) is 0.125. The van der Waals surface area contributed by atoms with E-state index in [1.54, 1.807) is 6.26 Å². The number of nitrogens with zero attached hydrogens (tertiary/aromatic N) is 1. The molecule has 1 aromatic heterocycles. The number of fused-ring (bicyclic) bond motifs is 1. The summed E-state index contributed by atoms with van der Waals surface area (Å²) in [5.74, 6) is 0.810. The Morgan fingerprint density at radius 1 is 0.815 bits per heavy atom. The summed E-state index contributed by atoms with van der Waals surface area (Å²) in [6, 6.07) is 28.0. The van der Waals surface area contributed by atoms with Gasteiger partial charge in [0, 0.05) is 12.1 Å². The van der Waals surface area contributed by atoms with Crippen molar-refractivity contribution in [3.8, 4) is 0 Å². The number of hydrogen-bond donors (Lipinski definition) is 0. The zero-order chi connectivity index (χ0) is 18.5. The molecule has 3 nitrogen and oxygen atoms in total. The van der Waals surface area contributed by atoms with Gasteiger partial charge >= 0.3 is 0 Å². The van der Waals surface area contributed by atoms with Crippen LogP contribution in [0.2, 0.25) is 0 Å². The predicted octanol–water partition coefficient (Wildman–Crippen LogP) is 5.32. The average Bonchev–Trinajstić information content (AvgIpc) is 3.24. The minimum Gasteiger partial charge on any atom is -0.467 e. The summed E-state index contributed by atoms with van der Waals surface area (Å²) in [5, 5.41) is 2.21. The van der Waals surface area contributed by atoms with E-state index < -0.39 is 0 Å². The van der Waals surface area contributed by atoms with Crippen molar-refractivity contribution in [3.05, 3.63) is 108 Å². The van der Waals surface area contributed by atoms with E-state index in [1.165, 1.54) is 5.56 Å². The first-order valence-electron chi connectivity index (χ1n) is 9.14. The average molecular weight is 355 g/mol. The van der Waals surface area contributed by atoms with Gasteiger partial charge in [0.1, 0.15) is 5.76 Å². The minimum absolute atomic E-state index is 0.0214. The molecule has 0 unspecified atom stereocenters. The Balaban J connectivity index is 1.58. The van der Waals surface area contributed by atoms with Crippen molar-refractivity contribution in [2.24, 2.45) is 0 Å². The lowest BCUT2D eigenvalue weighted by atomic mass is 10.1. The monoisotopic (exact) mass is 355 g/mol. The van der Waals surface area contributed by atoms with Crippen molar-refractivity contribution < 1.29 is 9.21 Å². The molecule has 3 aromatic carbocycles. The number of carbonyl (C=O) groups is 1. The molecule has 0 atom stereocenters. The van der Waals surface area contributed by atoms with Crippen LogP contribution in [0, 0.1) is 0 Å². The molecule has 0 N–H and O–H groups in total. The van der Waals surface area contributed by atoms with E-state index in [0.717, 1.165) is 23.0 Å². The Morgan fingerprint density at radius 2 is 1.59 bits per heavy atom. The normalized spacial score (nSPS) is 10.8. The molecular formula is C24H21NO2. The van der Waals surface area contributed by atoms with Crippen molar-refractivity contribution in [3.63, 3.8) is 0 Å². The first-order chi connectivity index (χ1) is 13.3. The van der Waals surface area contributed by atoms with Gasteiger partial charge in [-0.3, -0.25) is 4.79 Å². The van der Waals surface area contributed by atoms with Crippen molar-refractivity contribution in [1.82, 2.24) is 4.90 Å². The van der Waals surface area contributed by atoms with Crippen LogP contribution in [0.3, 0.4) is 0 Å². The van der Waals surface area contributed by atoms with E-state index >= 15 is 0 Å². The van der Waals surface area contributed by atoms with Crippen LogP contribution in [0.1, 0.15) is 21.7 Å². The van der Waals surface area contributed by atoms with Crippen LogP contribution in [0.25, 0.3) is 10.8 Å². The number of amides is 1. The second-order valence-electron chi connectivity index (χ2n) is 6.60. The molecule has 0 radical (unpaired) electrons. The maximum Gasteiger partial charge on any atom is 0.254 e. The SMILES string of the molecule is O=C(c1ccc2ccccc2c1)N(CCc1ccccc1)Cc1ccco1. The van der Waals surface area contributed by atoms with E-state index in [0.29, 0.717) is 18.7 Å². The summed E-state index contributed by atoms with van der Waals surface area (Å²) >= 11 is 0. The van der Waals surface area contributed by atoms with Gasteiger partial charge in [-0.1, -0.05) is 60.7 Å². The second-order valence-corrected chi connectivity index (χ2v) is 6.60. The number of benzene rings is 3. The van der Waals surface area contributed by atoms with E-state index in [4.69, 9.17) is 4.42 Å². The molecule has 0 aliphatic carbocycles. The first kappa shape index (κ1) is 17.1. The highest BCUT2D eigenvalue weighted by atomic mass is 16.3. The summed E-state index contributed by atoms with van der Waals surface area (Å²) in [4.78, 5) is 15.1. The van der Waals surface area contributed by atoms with Crippen LogP contribution < -0.4 is 0 Å². The Labute approximate surface area is 158 Å². The second kappa shape index (κ2) is 7.92. The summed E-state index contributed by atoms with van der Waals surface area (Å²) in [5.41, 5.74) is 1.92. The molecule has 0 fully saturated rings. The molecule has 4 aromatic rings. The van der Waals surface area contributed by atoms with Gasteiger partial charge in [-0.15, -0.1) is 0 Å². The third-order valence-electron chi connectivity index (χ3n) is 4.72. The van der Waals surface area contributed by atoms with Crippen molar-refractivity contribution >= 4 is 16.7 Å². The fourth-order valence-electron chi connectivity index (χ4n) is 3.26. The smallest absolute Gasteiger partial charge is 0.254 e. The van der Waals surface area contributed by atoms with Crippen LogP contribution >= 0.6 is 0 Å². The third kappa shape index (κ3) is 4.09. The van der Waals surface area contributed by atoms with Crippen LogP contribution in [0.4, 0.5) is 0 Å². The highest BCUT2D eigenvalue weighted by Gasteiger charge is 2.17. The van der Waals surface area contributed by atoms with Gasteiger partial charge in [0.15, 0.2) is 0 Å². The maximum atomic E-state index is 13.2. The minimum atomic E-state index is 0.0214. The molecule has 0 bridgehead atoms. The highest BCUT2D eigenvalue weighted by molar-refractivity contribution is 5.98. The highest BCUT2D eigenvalue weighted by Crippen LogP contribution is 2.18. The van der Waals surface area contributed by atoms with E-state index in [-0.39, 0.29) is 5.91 Å². The number of rotatable bonds is 6. The molecular weight excluding hydrogens is 334 g/mol. The Bertz CT molecular complexity index is 1020. The lowest BCUT2D eigenvalue weighted by Crippen LogP contribution is -2.32. The Hall–Kier alpha value is -3.33. The lowest BCUT2D eigenvalue weighted by Gasteiger charge is -2.22. The topological polar surface area (TPSA) is 33.5 Å². The predicted molar refractivity (Wildman–Crippen MR) is 108 cm³/mol. The standard InChI is InChI=1S/C24H21NO2/c26-24(22-13-12-20-9-4-5-10-21(20)17-22)25(18-23-11-6-16-27-23)15-14-19-7-2-1-3-8-19/h1-13,16-17H,14-15,18H2. The van der Waals surface area contributed by atoms with Gasteiger partial charge in [0.2, 0.25) is 0 Å². The van der Waals surface area contributed by atoms with Crippen molar-refractivity contribution in [2.75, 3.05) is 6.54 Å². The molecule has 4 rings (SSSR count). The Kier molecular flexibility index (Phi) is 5.01. The van der Waals surface area contributed by atoms with E-state index in [9.17, 15) is 4.79 Å². The molecule has 0 aliphatic rings. The summed E-state index contributed by atoms with van der Waals surface area (Å²) in [6.45, 7) is 1.10. The molecule has 0 saturated heterocycles. The third-order valence-corrected chi connectivity index (χ3v) is 4.72. The first-order valence-corrected chi connectivity index (χ1v) is 9.14. The molecule has 1 amide bonds. The summed E-state index contributed by atoms with van der Waals surface area (Å²) in [6.07, 6.45) is 2.45. The van der Waals surface area contributed by atoms with Gasteiger partial charge in [0.05, 0.1) is 12.8 Å². The van der Waals surface area contributed by atoms with Crippen LogP contribution in [0.5, 0.6) is 0 Å². The van der Waals surface area contributed by atoms with Crippen LogP contribution in [-0.4, -0.2) is 17.4 Å². The molecule has 27 heavy (non-hydrogen) atoms. The molecule has 0 saturated carbocycles. The largest absolute Gasteiger partial charge is 0.467 e.